The summed E-state index contributed by atoms with van der Waals surface area (Å²) in [5.41, 5.74) is 1.08. The molecule has 4 aromatic rings. The number of fused-ring (bicyclic) bond motifs is 1. The number of benzene rings is 3. The molecule has 1 aromatic heterocycles. The van der Waals surface area contributed by atoms with Crippen LogP contribution >= 0.6 is 0 Å². The van der Waals surface area contributed by atoms with E-state index in [4.69, 9.17) is 5.11 Å². The van der Waals surface area contributed by atoms with E-state index in [1.807, 2.05) is 6.07 Å². The average Bonchev–Trinajstić information content (AvgIpc) is 3.60. The first kappa shape index (κ1) is 28.3. The molecule has 1 aliphatic heterocycles. The van der Waals surface area contributed by atoms with Crippen molar-refractivity contribution in [3.63, 3.8) is 0 Å². The molecular weight excluding hydrogens is 546 g/mol. The summed E-state index contributed by atoms with van der Waals surface area (Å²) in [6.45, 7) is 3.58. The van der Waals surface area contributed by atoms with Crippen LogP contribution in [-0.4, -0.2) is 65.8 Å². The third-order valence-corrected chi connectivity index (χ3v) is 8.84. The summed E-state index contributed by atoms with van der Waals surface area (Å²) in [5.74, 6) is -2.93. The second kappa shape index (κ2) is 11.7. The minimum absolute atomic E-state index is 0.0787. The zero-order chi connectivity index (χ0) is 29.1. The van der Waals surface area contributed by atoms with Crippen molar-refractivity contribution in [2.24, 2.45) is 0 Å². The van der Waals surface area contributed by atoms with Gasteiger partial charge >= 0.3 is 11.9 Å². The van der Waals surface area contributed by atoms with Crippen LogP contribution in [0.3, 0.4) is 0 Å². The summed E-state index contributed by atoms with van der Waals surface area (Å²) < 4.78 is 29.2. The van der Waals surface area contributed by atoms with Crippen LogP contribution in [0.4, 0.5) is 5.69 Å². The molecule has 0 radical (unpaired) electrons. The third-order valence-electron chi connectivity index (χ3n) is 7.36. The number of aromatic nitrogens is 2. The molecule has 4 N–H and O–H groups in total. The Labute approximate surface area is 237 Å². The lowest BCUT2D eigenvalue weighted by Gasteiger charge is -2.23. The molecule has 2 heterocycles. The van der Waals surface area contributed by atoms with Crippen molar-refractivity contribution in [1.82, 2.24) is 19.6 Å². The summed E-state index contributed by atoms with van der Waals surface area (Å²) in [6.07, 6.45) is 2.03. The van der Waals surface area contributed by atoms with Crippen molar-refractivity contribution < 1.29 is 28.2 Å². The number of hydrogen-bond donors (Lipinski definition) is 4. The number of hydrogen-bond acceptors (Lipinski definition) is 7. The van der Waals surface area contributed by atoms with Crippen LogP contribution in [0, 0.1) is 0 Å². The average molecular weight is 578 g/mol. The molecule has 12 heteroatoms. The quantitative estimate of drug-likeness (QED) is 0.210. The Kier molecular flexibility index (Phi) is 8.06. The number of carbonyl (C=O) groups is 2. The van der Waals surface area contributed by atoms with E-state index in [9.17, 15) is 23.1 Å². The molecule has 1 saturated heterocycles. The number of carboxylic acids is 2. The first-order valence-corrected chi connectivity index (χ1v) is 14.7. The minimum Gasteiger partial charge on any atom is -0.476 e. The van der Waals surface area contributed by atoms with Crippen LogP contribution in [-0.2, 0) is 16.6 Å². The van der Waals surface area contributed by atoms with Gasteiger partial charge in [0.1, 0.15) is 0 Å². The van der Waals surface area contributed by atoms with Crippen molar-refractivity contribution in [3.8, 4) is 0 Å². The van der Waals surface area contributed by atoms with Crippen molar-refractivity contribution >= 4 is 38.4 Å². The van der Waals surface area contributed by atoms with Crippen LogP contribution < -0.4 is 14.9 Å². The first-order chi connectivity index (χ1) is 19.6. The van der Waals surface area contributed by atoms with Crippen LogP contribution in [0.15, 0.2) is 78.0 Å². The number of nitrogens with one attached hydrogen (secondary N) is 2. The second-order valence-corrected chi connectivity index (χ2v) is 11.8. The molecule has 1 aliphatic rings. The number of rotatable bonds is 11. The van der Waals surface area contributed by atoms with E-state index in [-0.39, 0.29) is 30.1 Å². The van der Waals surface area contributed by atoms with Gasteiger partial charge in [0.2, 0.25) is 10.0 Å². The molecule has 41 heavy (non-hydrogen) atoms. The fourth-order valence-electron chi connectivity index (χ4n) is 5.35. The Balaban J connectivity index is 1.17. The van der Waals surface area contributed by atoms with Gasteiger partial charge in [-0.05, 0) is 53.9 Å². The molecule has 214 valence electrons. The first-order valence-electron chi connectivity index (χ1n) is 13.2. The highest BCUT2D eigenvalue weighted by Crippen LogP contribution is 2.27. The van der Waals surface area contributed by atoms with Crippen LogP contribution in [0.25, 0.3) is 10.8 Å². The van der Waals surface area contributed by atoms with Gasteiger partial charge in [-0.3, -0.25) is 0 Å². The topological polar surface area (TPSA) is 154 Å². The Morgan fingerprint density at radius 2 is 1.76 bits per heavy atom. The highest BCUT2D eigenvalue weighted by molar-refractivity contribution is 7.89. The summed E-state index contributed by atoms with van der Waals surface area (Å²) in [7, 11) is -3.87. The fraction of sp³-hybridized carbons (Fsp3) is 0.276. The van der Waals surface area contributed by atoms with Crippen molar-refractivity contribution in [3.05, 3.63) is 90.0 Å². The maximum absolute atomic E-state index is 12.8. The van der Waals surface area contributed by atoms with Gasteiger partial charge < -0.3 is 25.0 Å². The zero-order valence-corrected chi connectivity index (χ0v) is 23.2. The highest BCUT2D eigenvalue weighted by Gasteiger charge is 2.26. The molecule has 5 rings (SSSR count). The van der Waals surface area contributed by atoms with Gasteiger partial charge in [0.05, 0.1) is 11.2 Å². The molecule has 3 aromatic carbocycles. The normalized spacial score (nSPS) is 16.2. The molecule has 0 amide bonds. The Hall–Kier alpha value is -4.26. The number of anilines is 1. The highest BCUT2D eigenvalue weighted by atomic mass is 32.2. The lowest BCUT2D eigenvalue weighted by Crippen LogP contribution is -2.34. The molecule has 11 nitrogen and oxygen atoms in total. The van der Waals surface area contributed by atoms with E-state index < -0.39 is 33.3 Å². The van der Waals surface area contributed by atoms with Gasteiger partial charge in [-0.2, -0.15) is 0 Å². The maximum atomic E-state index is 12.8. The van der Waals surface area contributed by atoms with E-state index in [1.165, 1.54) is 16.3 Å². The van der Waals surface area contributed by atoms with Crippen LogP contribution in [0.5, 0.6) is 0 Å². The zero-order valence-electron chi connectivity index (χ0n) is 22.4. The predicted octanol–water partition coefficient (Wildman–Crippen LogP) is 3.34. The second-order valence-electron chi connectivity index (χ2n) is 10.0. The largest absolute Gasteiger partial charge is 0.476 e. The number of sulfonamides is 1. The molecule has 0 saturated carbocycles. The van der Waals surface area contributed by atoms with Gasteiger partial charge in [-0.25, -0.2) is 27.7 Å². The van der Waals surface area contributed by atoms with E-state index >= 15 is 0 Å². The van der Waals surface area contributed by atoms with Gasteiger partial charge in [0, 0.05) is 44.0 Å². The van der Waals surface area contributed by atoms with Crippen molar-refractivity contribution in [1.29, 1.82) is 0 Å². The van der Waals surface area contributed by atoms with E-state index in [0.29, 0.717) is 0 Å². The fourth-order valence-corrected chi connectivity index (χ4v) is 6.38. The number of nitrogens with zero attached hydrogens (tertiary/aromatic N) is 3. The van der Waals surface area contributed by atoms with Gasteiger partial charge in [0.25, 0.3) is 0 Å². The number of carboxylic acid groups (broad SMARTS) is 2. The SMILES string of the molecule is C[C@@H](N[C@H]1CCN(c2ccc(S(=O)(=O)NCCn3cnc(C(=O)O)c3C(=O)O)cc2)C1)c1cccc2ccccc12. The van der Waals surface area contributed by atoms with Crippen LogP contribution in [0.2, 0.25) is 0 Å². The summed E-state index contributed by atoms with van der Waals surface area (Å²) in [5, 5.41) is 24.6. The summed E-state index contributed by atoms with van der Waals surface area (Å²) >= 11 is 0. The Bertz CT molecular complexity index is 1680. The van der Waals surface area contributed by atoms with E-state index in [0.717, 1.165) is 36.1 Å². The number of aromatic carboxylic acids is 2. The maximum Gasteiger partial charge on any atom is 0.357 e. The van der Waals surface area contributed by atoms with Crippen molar-refractivity contribution in [2.45, 2.75) is 36.9 Å². The monoisotopic (exact) mass is 577 g/mol. The molecule has 0 aliphatic carbocycles. The van der Waals surface area contributed by atoms with Gasteiger partial charge in [-0.1, -0.05) is 42.5 Å². The van der Waals surface area contributed by atoms with Crippen LogP contribution in [0.1, 0.15) is 45.9 Å². The summed E-state index contributed by atoms with van der Waals surface area (Å²) in [6, 6.07) is 21.8. The third kappa shape index (κ3) is 6.09. The molecule has 0 unspecified atom stereocenters. The molecule has 2 atom stereocenters. The van der Waals surface area contributed by atoms with Crippen molar-refractivity contribution in [2.75, 3.05) is 24.5 Å². The van der Waals surface area contributed by atoms with Gasteiger partial charge in [0.15, 0.2) is 11.4 Å². The van der Waals surface area contributed by atoms with Gasteiger partial charge in [-0.15, -0.1) is 0 Å². The molecule has 0 bridgehead atoms. The predicted molar refractivity (Wildman–Crippen MR) is 154 cm³/mol. The Morgan fingerprint density at radius 3 is 2.49 bits per heavy atom. The lowest BCUT2D eigenvalue weighted by molar-refractivity contribution is 0.0640. The molecule has 0 spiro atoms. The summed E-state index contributed by atoms with van der Waals surface area (Å²) in [4.78, 5) is 28.5. The van der Waals surface area contributed by atoms with E-state index in [1.54, 1.807) is 24.3 Å². The molecular formula is C29H31N5O6S. The standard InChI is InChI=1S/C29H31N5O6S/c1-19(24-8-4-6-20-5-2-3-7-25(20)24)32-21-13-15-33(17-21)22-9-11-23(12-10-22)41(39,40)31-14-16-34-18-30-26(28(35)36)27(34)29(37)38/h2-12,18-19,21,31-32H,13-17H2,1H3,(H,35,36)(H,37,38)/t19-,21+/m1/s1. The minimum atomic E-state index is -3.87. The Morgan fingerprint density at radius 1 is 1.02 bits per heavy atom. The lowest BCUT2D eigenvalue weighted by atomic mass is 9.99. The smallest absolute Gasteiger partial charge is 0.357 e. The van der Waals surface area contributed by atoms with E-state index in [2.05, 4.69) is 63.2 Å². The number of imidazole rings is 1. The molecule has 1 fully saturated rings.